The lowest BCUT2D eigenvalue weighted by atomic mass is 10.1. The molecule has 0 spiro atoms. The van der Waals surface area contributed by atoms with E-state index in [1.165, 1.54) is 17.4 Å². The van der Waals surface area contributed by atoms with Crippen molar-refractivity contribution in [2.45, 2.75) is 13.8 Å². The molecule has 1 aromatic carbocycles. The normalized spacial score (nSPS) is 10.7. The Hall–Kier alpha value is -3.13. The van der Waals surface area contributed by atoms with Crippen LogP contribution >= 0.6 is 11.3 Å². The van der Waals surface area contributed by atoms with Crippen molar-refractivity contribution < 1.29 is 18.7 Å². The van der Waals surface area contributed by atoms with Crippen LogP contribution in [0, 0.1) is 13.8 Å². The number of hydrogen-bond donors (Lipinski definition) is 2. The number of hydrogen-bond acceptors (Lipinski definition) is 6. The zero-order valence-electron chi connectivity index (χ0n) is 14.1. The molecule has 0 aliphatic carbocycles. The summed E-state index contributed by atoms with van der Waals surface area (Å²) in [5.74, 6) is -0.610. The minimum absolute atomic E-state index is 0.252. The summed E-state index contributed by atoms with van der Waals surface area (Å²) >= 11 is 1.20. The predicted octanol–water partition coefficient (Wildman–Crippen LogP) is 2.59. The van der Waals surface area contributed by atoms with Gasteiger partial charge in [-0.05, 0) is 43.0 Å². The van der Waals surface area contributed by atoms with Crippen LogP contribution in [0.25, 0.3) is 11.0 Å². The van der Waals surface area contributed by atoms with E-state index >= 15 is 0 Å². The molecule has 3 N–H and O–H groups in total. The van der Waals surface area contributed by atoms with Gasteiger partial charge in [-0.2, -0.15) is 0 Å². The Morgan fingerprint density at radius 3 is 2.77 bits per heavy atom. The second kappa shape index (κ2) is 7.01. The Labute approximate surface area is 152 Å². The molecule has 0 fully saturated rings. The molecular weight excluding hydrogens is 356 g/mol. The highest BCUT2D eigenvalue weighted by atomic mass is 32.1. The van der Waals surface area contributed by atoms with E-state index in [4.69, 9.17) is 14.9 Å². The van der Waals surface area contributed by atoms with Gasteiger partial charge in [0.25, 0.3) is 11.8 Å². The first-order valence-electron chi connectivity index (χ1n) is 7.71. The lowest BCUT2D eigenvalue weighted by Gasteiger charge is -2.11. The Morgan fingerprint density at radius 2 is 2.04 bits per heavy atom. The number of ether oxygens (including phenoxy) is 1. The first-order chi connectivity index (χ1) is 12.4. The summed E-state index contributed by atoms with van der Waals surface area (Å²) in [6.07, 6.45) is 0. The van der Waals surface area contributed by atoms with Gasteiger partial charge in [0.05, 0.1) is 5.56 Å². The van der Waals surface area contributed by atoms with Gasteiger partial charge in [0.15, 0.2) is 6.61 Å². The highest BCUT2D eigenvalue weighted by Crippen LogP contribution is 2.28. The number of primary amides is 1. The van der Waals surface area contributed by atoms with Gasteiger partial charge in [0.1, 0.15) is 16.3 Å². The van der Waals surface area contributed by atoms with Crippen LogP contribution in [0.2, 0.25) is 0 Å². The maximum Gasteiger partial charge on any atom is 0.336 e. The molecular formula is C18H16N2O5S. The number of thiophene rings is 1. The molecule has 0 unspecified atom stereocenters. The van der Waals surface area contributed by atoms with Crippen molar-refractivity contribution in [3.8, 4) is 5.75 Å². The van der Waals surface area contributed by atoms with Gasteiger partial charge in [0.2, 0.25) is 0 Å². The van der Waals surface area contributed by atoms with E-state index in [1.54, 1.807) is 30.5 Å². The minimum atomic E-state index is -0.613. The van der Waals surface area contributed by atoms with E-state index in [9.17, 15) is 14.4 Å². The van der Waals surface area contributed by atoms with Gasteiger partial charge in [-0.25, -0.2) is 4.79 Å². The molecule has 2 heterocycles. The predicted molar refractivity (Wildman–Crippen MR) is 98.9 cm³/mol. The SMILES string of the molecule is Cc1cc(=O)oc2c(C)c(OCC(=O)Nc3sccc3C(N)=O)ccc12. The third-order valence-electron chi connectivity index (χ3n) is 3.86. The summed E-state index contributed by atoms with van der Waals surface area (Å²) in [5.41, 5.74) is 6.93. The van der Waals surface area contributed by atoms with Gasteiger partial charge in [-0.15, -0.1) is 11.3 Å². The molecule has 26 heavy (non-hydrogen) atoms. The summed E-state index contributed by atoms with van der Waals surface area (Å²) in [7, 11) is 0. The van der Waals surface area contributed by atoms with Crippen LogP contribution in [0.3, 0.4) is 0 Å². The Bertz CT molecular complexity index is 1070. The average Bonchev–Trinajstić information content (AvgIpc) is 3.03. The molecule has 0 saturated carbocycles. The van der Waals surface area contributed by atoms with Crippen LogP contribution in [-0.2, 0) is 4.79 Å². The molecule has 8 heteroatoms. The van der Waals surface area contributed by atoms with E-state index in [2.05, 4.69) is 5.32 Å². The standard InChI is InChI=1S/C18H16N2O5S/c1-9-7-15(22)25-16-10(2)13(4-3-11(9)16)24-8-14(21)20-18-12(17(19)23)5-6-26-18/h3-7H,8H2,1-2H3,(H2,19,23)(H,20,21). The van der Waals surface area contributed by atoms with Crippen molar-refractivity contribution in [3.63, 3.8) is 0 Å². The van der Waals surface area contributed by atoms with E-state index in [0.717, 1.165) is 10.9 Å². The van der Waals surface area contributed by atoms with E-state index in [-0.39, 0.29) is 12.2 Å². The van der Waals surface area contributed by atoms with Crippen molar-refractivity contribution in [2.75, 3.05) is 11.9 Å². The van der Waals surface area contributed by atoms with Gasteiger partial charge in [-0.1, -0.05) is 0 Å². The fourth-order valence-corrected chi connectivity index (χ4v) is 3.37. The fourth-order valence-electron chi connectivity index (χ4n) is 2.56. The number of benzene rings is 1. The van der Waals surface area contributed by atoms with E-state index in [0.29, 0.717) is 21.9 Å². The molecule has 0 bridgehead atoms. The van der Waals surface area contributed by atoms with E-state index in [1.807, 2.05) is 6.92 Å². The second-order valence-corrected chi connectivity index (χ2v) is 6.59. The maximum absolute atomic E-state index is 12.1. The first kappa shape index (κ1) is 17.7. The Kier molecular flexibility index (Phi) is 4.77. The van der Waals surface area contributed by atoms with Crippen LogP contribution in [0.4, 0.5) is 5.00 Å². The molecule has 0 saturated heterocycles. The quantitative estimate of drug-likeness (QED) is 0.669. The van der Waals surface area contributed by atoms with Crippen molar-refractivity contribution in [1.82, 2.24) is 0 Å². The topological polar surface area (TPSA) is 112 Å². The molecule has 2 aromatic heterocycles. The second-order valence-electron chi connectivity index (χ2n) is 5.68. The van der Waals surface area contributed by atoms with Gasteiger partial charge in [0, 0.05) is 17.0 Å². The van der Waals surface area contributed by atoms with Gasteiger partial charge >= 0.3 is 5.63 Å². The van der Waals surface area contributed by atoms with Crippen LogP contribution in [0.15, 0.2) is 38.9 Å². The number of fused-ring (bicyclic) bond motifs is 1. The molecule has 2 amide bonds. The number of carbonyl (C=O) groups excluding carboxylic acids is 2. The largest absolute Gasteiger partial charge is 0.483 e. The number of nitrogens with two attached hydrogens (primary N) is 1. The summed E-state index contributed by atoms with van der Waals surface area (Å²) in [6, 6.07) is 6.46. The van der Waals surface area contributed by atoms with Crippen molar-refractivity contribution in [3.05, 3.63) is 56.8 Å². The molecule has 0 aliphatic rings. The lowest BCUT2D eigenvalue weighted by Crippen LogP contribution is -2.22. The maximum atomic E-state index is 12.1. The zero-order chi connectivity index (χ0) is 18.8. The summed E-state index contributed by atoms with van der Waals surface area (Å²) < 4.78 is 10.8. The fraction of sp³-hybridized carbons (Fsp3) is 0.167. The molecule has 3 rings (SSSR count). The highest BCUT2D eigenvalue weighted by Gasteiger charge is 2.14. The summed E-state index contributed by atoms with van der Waals surface area (Å²) in [4.78, 5) is 35.0. The summed E-state index contributed by atoms with van der Waals surface area (Å²) in [6.45, 7) is 3.31. The molecule has 134 valence electrons. The van der Waals surface area contributed by atoms with Crippen LogP contribution in [0.5, 0.6) is 5.75 Å². The zero-order valence-corrected chi connectivity index (χ0v) is 14.9. The average molecular weight is 372 g/mol. The smallest absolute Gasteiger partial charge is 0.336 e. The monoisotopic (exact) mass is 372 g/mol. The number of rotatable bonds is 5. The number of aryl methyl sites for hydroxylation is 2. The van der Waals surface area contributed by atoms with Crippen molar-refractivity contribution >= 4 is 39.1 Å². The van der Waals surface area contributed by atoms with E-state index < -0.39 is 17.4 Å². The number of carbonyl (C=O) groups is 2. The third-order valence-corrected chi connectivity index (χ3v) is 4.69. The van der Waals surface area contributed by atoms with Crippen LogP contribution < -0.4 is 21.4 Å². The lowest BCUT2D eigenvalue weighted by molar-refractivity contribution is -0.118. The molecule has 3 aromatic rings. The molecule has 0 atom stereocenters. The van der Waals surface area contributed by atoms with Crippen LogP contribution in [0.1, 0.15) is 21.5 Å². The van der Waals surface area contributed by atoms with Crippen molar-refractivity contribution in [2.24, 2.45) is 5.73 Å². The minimum Gasteiger partial charge on any atom is -0.483 e. The Balaban J connectivity index is 1.76. The van der Waals surface area contributed by atoms with Crippen LogP contribution in [-0.4, -0.2) is 18.4 Å². The molecule has 7 nitrogen and oxygen atoms in total. The summed E-state index contributed by atoms with van der Waals surface area (Å²) in [5, 5.41) is 5.45. The number of anilines is 1. The third kappa shape index (κ3) is 3.45. The first-order valence-corrected chi connectivity index (χ1v) is 8.59. The van der Waals surface area contributed by atoms with Gasteiger partial charge in [-0.3, -0.25) is 9.59 Å². The Morgan fingerprint density at radius 1 is 1.27 bits per heavy atom. The number of nitrogens with one attached hydrogen (secondary N) is 1. The highest BCUT2D eigenvalue weighted by molar-refractivity contribution is 7.14. The van der Waals surface area contributed by atoms with Crippen molar-refractivity contribution in [1.29, 1.82) is 0 Å². The number of amides is 2. The molecule has 0 aliphatic heterocycles. The molecule has 0 radical (unpaired) electrons. The van der Waals surface area contributed by atoms with Gasteiger partial charge < -0.3 is 20.2 Å².